The summed E-state index contributed by atoms with van der Waals surface area (Å²) in [6, 6.07) is 15.3. The molecule has 1 aliphatic carbocycles. The van der Waals surface area contributed by atoms with Gasteiger partial charge in [0.1, 0.15) is 12.6 Å². The second-order valence-electron chi connectivity index (χ2n) is 9.74. The number of aliphatic carboxylic acids is 1. The molecule has 2 unspecified atom stereocenters. The van der Waals surface area contributed by atoms with Crippen molar-refractivity contribution in [3.63, 3.8) is 0 Å². The molecule has 2 amide bonds. The molecule has 0 fully saturated rings. The molecule has 0 spiro atoms. The predicted molar refractivity (Wildman–Crippen MR) is 135 cm³/mol. The Balaban J connectivity index is 1.60. The van der Waals surface area contributed by atoms with Gasteiger partial charge in [0.15, 0.2) is 0 Å². The topological polar surface area (TPSA) is 105 Å². The number of benzene rings is 2. The normalized spacial score (nSPS) is 15.0. The van der Waals surface area contributed by atoms with Crippen molar-refractivity contribution in [1.82, 2.24) is 10.6 Å². The van der Waals surface area contributed by atoms with Gasteiger partial charge < -0.3 is 20.5 Å². The fourth-order valence-corrected chi connectivity index (χ4v) is 4.66. The Morgan fingerprint density at radius 1 is 0.971 bits per heavy atom. The van der Waals surface area contributed by atoms with Gasteiger partial charge in [-0.1, -0.05) is 82.6 Å². The molecular weight excluding hydrogens is 444 g/mol. The second-order valence-corrected chi connectivity index (χ2v) is 9.74. The Hall–Kier alpha value is -3.35. The molecule has 0 aliphatic heterocycles. The monoisotopic (exact) mass is 480 g/mol. The van der Waals surface area contributed by atoms with Crippen LogP contribution in [0.25, 0.3) is 11.1 Å². The maximum atomic E-state index is 12.9. The van der Waals surface area contributed by atoms with E-state index in [2.05, 4.69) is 34.9 Å². The van der Waals surface area contributed by atoms with Gasteiger partial charge in [-0.2, -0.15) is 0 Å². The van der Waals surface area contributed by atoms with Crippen LogP contribution in [-0.4, -0.2) is 42.3 Å². The number of hydrogen-bond acceptors (Lipinski definition) is 4. The summed E-state index contributed by atoms with van der Waals surface area (Å²) in [5.41, 5.74) is 4.56. The van der Waals surface area contributed by atoms with Crippen LogP contribution in [0, 0.1) is 17.8 Å². The lowest BCUT2D eigenvalue weighted by molar-refractivity contribution is -0.144. The van der Waals surface area contributed by atoms with Gasteiger partial charge in [0.05, 0.1) is 5.92 Å². The summed E-state index contributed by atoms with van der Waals surface area (Å²) in [5.74, 6) is -2.03. The SMILES string of the molecule is CCC(C)[C@H](NC(=O)C(CNC(=O)OCC1c2ccccc2-c2ccccc21)CC(C)C)C(=O)O. The minimum absolute atomic E-state index is 0.0465. The van der Waals surface area contributed by atoms with Gasteiger partial charge in [0, 0.05) is 12.5 Å². The maximum Gasteiger partial charge on any atom is 0.407 e. The quantitative estimate of drug-likeness (QED) is 0.428. The highest BCUT2D eigenvalue weighted by molar-refractivity contribution is 5.85. The highest BCUT2D eigenvalue weighted by Gasteiger charge is 2.31. The molecule has 2 aromatic carbocycles. The van der Waals surface area contributed by atoms with E-state index in [1.807, 2.05) is 45.0 Å². The number of ether oxygens (including phenoxy) is 1. The van der Waals surface area contributed by atoms with E-state index in [-0.39, 0.29) is 36.8 Å². The molecule has 3 N–H and O–H groups in total. The molecule has 0 bridgehead atoms. The van der Waals surface area contributed by atoms with Gasteiger partial charge >= 0.3 is 12.1 Å². The summed E-state index contributed by atoms with van der Waals surface area (Å²) in [4.78, 5) is 37.1. The van der Waals surface area contributed by atoms with Crippen LogP contribution in [-0.2, 0) is 14.3 Å². The van der Waals surface area contributed by atoms with E-state index in [9.17, 15) is 19.5 Å². The number of carboxylic acids is 1. The molecule has 35 heavy (non-hydrogen) atoms. The van der Waals surface area contributed by atoms with E-state index >= 15 is 0 Å². The first-order valence-corrected chi connectivity index (χ1v) is 12.3. The first-order valence-electron chi connectivity index (χ1n) is 12.3. The minimum Gasteiger partial charge on any atom is -0.480 e. The van der Waals surface area contributed by atoms with Gasteiger partial charge in [0.2, 0.25) is 5.91 Å². The molecule has 0 radical (unpaired) electrons. The highest BCUT2D eigenvalue weighted by Crippen LogP contribution is 2.44. The van der Waals surface area contributed by atoms with Crippen molar-refractivity contribution in [3.8, 4) is 11.1 Å². The third kappa shape index (κ3) is 6.41. The van der Waals surface area contributed by atoms with Crippen LogP contribution in [0.3, 0.4) is 0 Å². The average molecular weight is 481 g/mol. The molecular formula is C28H36N2O5. The van der Waals surface area contributed by atoms with Crippen molar-refractivity contribution in [2.45, 2.75) is 52.5 Å². The lowest BCUT2D eigenvalue weighted by atomic mass is 9.94. The third-order valence-electron chi connectivity index (χ3n) is 6.74. The summed E-state index contributed by atoms with van der Waals surface area (Å²) < 4.78 is 5.57. The number of fused-ring (bicyclic) bond motifs is 3. The number of amides is 2. The summed E-state index contributed by atoms with van der Waals surface area (Å²) in [6.45, 7) is 7.92. The van der Waals surface area contributed by atoms with Crippen LogP contribution >= 0.6 is 0 Å². The van der Waals surface area contributed by atoms with Crippen molar-refractivity contribution < 1.29 is 24.2 Å². The van der Waals surface area contributed by atoms with Gasteiger partial charge in [-0.3, -0.25) is 4.79 Å². The van der Waals surface area contributed by atoms with Crippen LogP contribution in [0.2, 0.25) is 0 Å². The Morgan fingerprint density at radius 2 is 1.54 bits per heavy atom. The van der Waals surface area contributed by atoms with Crippen molar-refractivity contribution >= 4 is 18.0 Å². The fraction of sp³-hybridized carbons (Fsp3) is 0.464. The van der Waals surface area contributed by atoms with Crippen LogP contribution in [0.5, 0.6) is 0 Å². The molecule has 188 valence electrons. The average Bonchev–Trinajstić information content (AvgIpc) is 3.16. The van der Waals surface area contributed by atoms with Crippen LogP contribution in [0.15, 0.2) is 48.5 Å². The minimum atomic E-state index is -1.06. The van der Waals surface area contributed by atoms with Crippen LogP contribution in [0.4, 0.5) is 4.79 Å². The van der Waals surface area contributed by atoms with Crippen molar-refractivity contribution in [2.75, 3.05) is 13.2 Å². The van der Waals surface area contributed by atoms with E-state index in [0.717, 1.165) is 22.3 Å². The molecule has 7 nitrogen and oxygen atoms in total. The summed E-state index contributed by atoms with van der Waals surface area (Å²) in [7, 11) is 0. The van der Waals surface area contributed by atoms with Crippen molar-refractivity contribution in [3.05, 3.63) is 59.7 Å². The molecule has 3 rings (SSSR count). The van der Waals surface area contributed by atoms with E-state index in [4.69, 9.17) is 4.74 Å². The second kappa shape index (κ2) is 11.9. The molecule has 0 aromatic heterocycles. The molecule has 0 saturated carbocycles. The Kier molecular flexibility index (Phi) is 8.90. The standard InChI is InChI=1S/C28H36N2O5/c1-5-18(4)25(27(32)33)30-26(31)19(14-17(2)3)15-29-28(34)35-16-24-22-12-8-6-10-20(22)21-11-7-9-13-23(21)24/h6-13,17-19,24-25H,5,14-16H2,1-4H3,(H,29,34)(H,30,31)(H,32,33)/t18?,19?,25-/m0/s1. The Morgan fingerprint density at radius 3 is 2.06 bits per heavy atom. The number of carbonyl (C=O) groups excluding carboxylic acids is 2. The number of hydrogen-bond donors (Lipinski definition) is 3. The first-order chi connectivity index (χ1) is 16.7. The number of nitrogens with one attached hydrogen (secondary N) is 2. The number of rotatable bonds is 11. The van der Waals surface area contributed by atoms with Crippen LogP contribution < -0.4 is 10.6 Å². The van der Waals surface area contributed by atoms with E-state index in [1.165, 1.54) is 0 Å². The molecule has 0 saturated heterocycles. The van der Waals surface area contributed by atoms with E-state index in [0.29, 0.717) is 12.8 Å². The fourth-order valence-electron chi connectivity index (χ4n) is 4.66. The van der Waals surface area contributed by atoms with Crippen molar-refractivity contribution in [2.24, 2.45) is 17.8 Å². The van der Waals surface area contributed by atoms with Gasteiger partial charge in [-0.15, -0.1) is 0 Å². The lowest BCUT2D eigenvalue weighted by Crippen LogP contribution is -2.49. The first kappa shape index (κ1) is 26.3. The summed E-state index contributed by atoms with van der Waals surface area (Å²) in [6.07, 6.45) is 0.553. The maximum absolute atomic E-state index is 12.9. The van der Waals surface area contributed by atoms with Crippen molar-refractivity contribution in [1.29, 1.82) is 0 Å². The van der Waals surface area contributed by atoms with E-state index in [1.54, 1.807) is 6.92 Å². The predicted octanol–water partition coefficient (Wildman–Crippen LogP) is 4.80. The highest BCUT2D eigenvalue weighted by atomic mass is 16.5. The lowest BCUT2D eigenvalue weighted by Gasteiger charge is -2.25. The molecule has 1 aliphatic rings. The Bertz CT molecular complexity index is 1010. The zero-order chi connectivity index (χ0) is 25.5. The molecule has 3 atom stereocenters. The summed E-state index contributed by atoms with van der Waals surface area (Å²) in [5, 5.41) is 14.9. The largest absolute Gasteiger partial charge is 0.480 e. The Labute approximate surface area is 207 Å². The number of alkyl carbamates (subject to hydrolysis) is 1. The molecule has 0 heterocycles. The van der Waals surface area contributed by atoms with Crippen LogP contribution in [0.1, 0.15) is 57.6 Å². The van der Waals surface area contributed by atoms with Gasteiger partial charge in [-0.05, 0) is 40.5 Å². The molecule has 7 heteroatoms. The molecule has 2 aromatic rings. The van der Waals surface area contributed by atoms with Gasteiger partial charge in [0.25, 0.3) is 0 Å². The zero-order valence-electron chi connectivity index (χ0n) is 20.9. The summed E-state index contributed by atoms with van der Waals surface area (Å²) >= 11 is 0. The zero-order valence-corrected chi connectivity index (χ0v) is 20.9. The van der Waals surface area contributed by atoms with Gasteiger partial charge in [-0.25, -0.2) is 9.59 Å². The number of carboxylic acid groups (broad SMARTS) is 1. The van der Waals surface area contributed by atoms with E-state index < -0.39 is 24.0 Å². The third-order valence-corrected chi connectivity index (χ3v) is 6.74. The number of carbonyl (C=O) groups is 3. The smallest absolute Gasteiger partial charge is 0.407 e.